The van der Waals surface area contributed by atoms with Crippen molar-refractivity contribution in [1.82, 2.24) is 0 Å². The number of aromatic carboxylic acids is 2. The van der Waals surface area contributed by atoms with Crippen LogP contribution in [-0.2, 0) is 0 Å². The Balaban J connectivity index is 2.67. The van der Waals surface area contributed by atoms with Crippen LogP contribution in [0.2, 0.25) is 0 Å². The Bertz CT molecular complexity index is 832. The van der Waals surface area contributed by atoms with Crippen LogP contribution < -0.4 is 9.47 Å². The van der Waals surface area contributed by atoms with E-state index in [1.807, 2.05) is 0 Å². The van der Waals surface area contributed by atoms with Crippen LogP contribution in [0.1, 0.15) is 20.7 Å². The van der Waals surface area contributed by atoms with E-state index in [2.05, 4.69) is 9.47 Å². The molecular formula is C16H8N2O6. The van der Waals surface area contributed by atoms with Crippen LogP contribution in [0.15, 0.2) is 36.4 Å². The Kier molecular flexibility index (Phi) is 4.64. The molecule has 2 N–H and O–H groups in total. The zero-order chi connectivity index (χ0) is 17.7. The molecule has 8 nitrogen and oxygen atoms in total. The number of hydrogen-bond donors (Lipinski definition) is 2. The third-order valence-corrected chi connectivity index (χ3v) is 3.06. The number of benzene rings is 2. The van der Waals surface area contributed by atoms with E-state index in [9.17, 15) is 19.8 Å². The van der Waals surface area contributed by atoms with Gasteiger partial charge in [0, 0.05) is 0 Å². The molecule has 24 heavy (non-hydrogen) atoms. The van der Waals surface area contributed by atoms with E-state index in [1.54, 1.807) is 0 Å². The zero-order valence-electron chi connectivity index (χ0n) is 11.9. The van der Waals surface area contributed by atoms with Gasteiger partial charge in [-0.2, -0.15) is 0 Å². The highest BCUT2D eigenvalue weighted by Gasteiger charge is 2.19. The van der Waals surface area contributed by atoms with Gasteiger partial charge in [0.05, 0.1) is 11.1 Å². The first-order valence-electron chi connectivity index (χ1n) is 6.35. The van der Waals surface area contributed by atoms with Gasteiger partial charge in [-0.1, -0.05) is 0 Å². The van der Waals surface area contributed by atoms with E-state index in [-0.39, 0.29) is 33.8 Å². The summed E-state index contributed by atoms with van der Waals surface area (Å²) in [4.78, 5) is 22.9. The molecule has 0 fully saturated rings. The maximum atomic E-state index is 11.4. The normalized spacial score (nSPS) is 9.42. The Morgan fingerprint density at radius 2 is 1.17 bits per heavy atom. The molecule has 2 aromatic carbocycles. The summed E-state index contributed by atoms with van der Waals surface area (Å²) in [5, 5.41) is 35.7. The average molecular weight is 324 g/mol. The van der Waals surface area contributed by atoms with E-state index in [0.717, 1.165) is 12.1 Å². The third-order valence-electron chi connectivity index (χ3n) is 3.06. The topological polar surface area (TPSA) is 141 Å². The quantitative estimate of drug-likeness (QED) is 0.799. The lowest BCUT2D eigenvalue weighted by Crippen LogP contribution is -2.05. The lowest BCUT2D eigenvalue weighted by molar-refractivity contribution is 0.0684. The molecule has 0 aromatic heterocycles. The lowest BCUT2D eigenvalue weighted by atomic mass is 9.95. The second kappa shape index (κ2) is 6.81. The van der Waals surface area contributed by atoms with Crippen LogP contribution >= 0.6 is 0 Å². The van der Waals surface area contributed by atoms with Gasteiger partial charge in [-0.05, 0) is 47.5 Å². The summed E-state index contributed by atoms with van der Waals surface area (Å²) in [5.74, 6) is -2.61. The molecule has 0 saturated carbocycles. The Morgan fingerprint density at radius 1 is 0.792 bits per heavy atom. The van der Waals surface area contributed by atoms with Crippen LogP contribution in [0.4, 0.5) is 0 Å². The molecule has 0 atom stereocenters. The van der Waals surface area contributed by atoms with Crippen LogP contribution in [0.5, 0.6) is 11.5 Å². The molecule has 0 saturated heterocycles. The predicted molar refractivity (Wildman–Crippen MR) is 78.3 cm³/mol. The van der Waals surface area contributed by atoms with Gasteiger partial charge < -0.3 is 19.7 Å². The summed E-state index contributed by atoms with van der Waals surface area (Å²) in [7, 11) is 0. The van der Waals surface area contributed by atoms with Gasteiger partial charge in [-0.25, -0.2) is 9.59 Å². The summed E-state index contributed by atoms with van der Waals surface area (Å²) in [5.41, 5.74) is -0.235. The largest absolute Gasteiger partial charge is 0.478 e. The van der Waals surface area contributed by atoms with Crippen molar-refractivity contribution < 1.29 is 29.3 Å². The first-order chi connectivity index (χ1) is 11.5. The molecule has 0 bridgehead atoms. The van der Waals surface area contributed by atoms with Gasteiger partial charge in [0.25, 0.3) is 12.5 Å². The summed E-state index contributed by atoms with van der Waals surface area (Å²) in [6.45, 7) is 0. The highest BCUT2D eigenvalue weighted by Crippen LogP contribution is 2.32. The number of ether oxygens (including phenoxy) is 2. The van der Waals surface area contributed by atoms with Crippen molar-refractivity contribution in [1.29, 1.82) is 10.5 Å². The minimum absolute atomic E-state index is 0.0139. The van der Waals surface area contributed by atoms with E-state index in [1.165, 1.54) is 36.8 Å². The van der Waals surface area contributed by atoms with E-state index >= 15 is 0 Å². The van der Waals surface area contributed by atoms with Crippen molar-refractivity contribution in [3.63, 3.8) is 0 Å². The van der Waals surface area contributed by atoms with E-state index in [0.29, 0.717) is 0 Å². The monoisotopic (exact) mass is 324 g/mol. The van der Waals surface area contributed by atoms with Crippen LogP contribution in [-0.4, -0.2) is 22.2 Å². The maximum absolute atomic E-state index is 11.4. The lowest BCUT2D eigenvalue weighted by Gasteiger charge is -2.11. The van der Waals surface area contributed by atoms with E-state index < -0.39 is 11.9 Å². The minimum atomic E-state index is -1.32. The fourth-order valence-electron chi connectivity index (χ4n) is 2.10. The molecular weight excluding hydrogens is 316 g/mol. The van der Waals surface area contributed by atoms with Crippen molar-refractivity contribution in [2.24, 2.45) is 0 Å². The van der Waals surface area contributed by atoms with Crippen molar-refractivity contribution in [3.8, 4) is 35.1 Å². The van der Waals surface area contributed by atoms with Crippen molar-refractivity contribution in [3.05, 3.63) is 47.5 Å². The first kappa shape index (κ1) is 16.3. The number of nitriles is 2. The van der Waals surface area contributed by atoms with Gasteiger partial charge in [-0.15, -0.1) is 10.5 Å². The molecule has 0 aliphatic heterocycles. The minimum Gasteiger partial charge on any atom is -0.478 e. The van der Waals surface area contributed by atoms with Crippen LogP contribution in [0, 0.1) is 23.0 Å². The molecule has 8 heteroatoms. The highest BCUT2D eigenvalue weighted by atomic mass is 16.5. The van der Waals surface area contributed by atoms with Gasteiger partial charge in [0.15, 0.2) is 0 Å². The molecule has 0 amide bonds. The number of carbonyl (C=O) groups is 2. The maximum Gasteiger partial charge on any atom is 0.336 e. The number of rotatable bonds is 5. The number of hydrogen-bond acceptors (Lipinski definition) is 6. The molecule has 0 aliphatic carbocycles. The molecule has 0 unspecified atom stereocenters. The SMILES string of the molecule is N#COc1ccc(-c2ccc(OC#N)cc2C(=O)O)c(C(=O)O)c1. The standard InChI is InChI=1S/C16H8N2O6/c17-7-23-9-1-3-11(13(5-9)15(19)20)12-4-2-10(24-8-18)6-14(12)16(21)22/h1-6H,(H,19,20)(H,21,22). The molecule has 118 valence electrons. The van der Waals surface area contributed by atoms with Crippen molar-refractivity contribution in [2.45, 2.75) is 0 Å². The van der Waals surface area contributed by atoms with Gasteiger partial charge in [0.1, 0.15) is 11.5 Å². The smallest absolute Gasteiger partial charge is 0.336 e. The summed E-state index contributed by atoms with van der Waals surface area (Å²) in [6.07, 6.45) is 2.85. The highest BCUT2D eigenvalue weighted by molar-refractivity contribution is 6.02. The van der Waals surface area contributed by atoms with Crippen LogP contribution in [0.3, 0.4) is 0 Å². The molecule has 2 rings (SSSR count). The Hall–Kier alpha value is -4.04. The second-order valence-electron chi connectivity index (χ2n) is 4.41. The molecule has 0 aliphatic rings. The summed E-state index contributed by atoms with van der Waals surface area (Å²) >= 11 is 0. The number of carboxylic acid groups (broad SMARTS) is 2. The van der Waals surface area contributed by atoms with Crippen LogP contribution in [0.25, 0.3) is 11.1 Å². The molecule has 0 radical (unpaired) electrons. The molecule has 2 aromatic rings. The summed E-state index contributed by atoms with van der Waals surface area (Å²) in [6, 6.07) is 7.59. The predicted octanol–water partition coefficient (Wildman–Crippen LogP) is 2.47. The Labute approximate surface area is 135 Å². The number of nitrogens with zero attached hydrogens (tertiary/aromatic N) is 2. The van der Waals surface area contributed by atoms with Gasteiger partial charge >= 0.3 is 11.9 Å². The fraction of sp³-hybridized carbons (Fsp3) is 0. The second-order valence-corrected chi connectivity index (χ2v) is 4.41. The van der Waals surface area contributed by atoms with Gasteiger partial charge in [0.2, 0.25) is 0 Å². The zero-order valence-corrected chi connectivity index (χ0v) is 11.9. The first-order valence-corrected chi connectivity index (χ1v) is 6.35. The van der Waals surface area contributed by atoms with Gasteiger partial charge in [-0.3, -0.25) is 0 Å². The molecule has 0 heterocycles. The molecule has 0 spiro atoms. The summed E-state index contributed by atoms with van der Waals surface area (Å²) < 4.78 is 9.17. The van der Waals surface area contributed by atoms with Crippen molar-refractivity contribution >= 4 is 11.9 Å². The fourth-order valence-corrected chi connectivity index (χ4v) is 2.10. The van der Waals surface area contributed by atoms with E-state index in [4.69, 9.17) is 10.5 Å². The average Bonchev–Trinajstić information content (AvgIpc) is 2.55. The van der Waals surface area contributed by atoms with Crippen molar-refractivity contribution in [2.75, 3.05) is 0 Å². The number of carboxylic acids is 2. The Morgan fingerprint density at radius 3 is 1.46 bits per heavy atom. The third kappa shape index (κ3) is 3.24.